The van der Waals surface area contributed by atoms with Crippen LogP contribution in [-0.4, -0.2) is 41.2 Å². The van der Waals surface area contributed by atoms with Crippen molar-refractivity contribution < 1.29 is 9.53 Å². The lowest BCUT2D eigenvalue weighted by Gasteiger charge is -2.32. The van der Waals surface area contributed by atoms with Gasteiger partial charge in [0.2, 0.25) is 5.91 Å². The highest BCUT2D eigenvalue weighted by atomic mass is 16.5. The number of rotatable bonds is 4. The summed E-state index contributed by atoms with van der Waals surface area (Å²) in [7, 11) is 1.67. The van der Waals surface area contributed by atoms with E-state index < -0.39 is 0 Å². The van der Waals surface area contributed by atoms with E-state index in [0.717, 1.165) is 43.8 Å². The van der Waals surface area contributed by atoms with Crippen LogP contribution >= 0.6 is 0 Å². The van der Waals surface area contributed by atoms with Crippen LogP contribution in [0.4, 0.5) is 0 Å². The number of nitrogens with zero attached hydrogens (tertiary/aromatic N) is 2. The third kappa shape index (κ3) is 2.90. The first-order chi connectivity index (χ1) is 11.8. The largest absolute Gasteiger partial charge is 0.497 e. The summed E-state index contributed by atoms with van der Waals surface area (Å²) in [6.07, 6.45) is 4.95. The van der Waals surface area contributed by atoms with Gasteiger partial charge in [0.05, 0.1) is 7.11 Å². The Hall–Kier alpha value is -2.30. The molecule has 1 amide bonds. The number of piperidine rings is 1. The highest BCUT2D eigenvalue weighted by Gasteiger charge is 2.46. The highest BCUT2D eigenvalue weighted by molar-refractivity contribution is 5.83. The quantitative estimate of drug-likeness (QED) is 0.940. The van der Waals surface area contributed by atoms with Crippen LogP contribution in [0.1, 0.15) is 42.4 Å². The maximum absolute atomic E-state index is 12.9. The molecule has 0 bridgehead atoms. The van der Waals surface area contributed by atoms with Crippen LogP contribution in [0.25, 0.3) is 0 Å². The van der Waals surface area contributed by atoms with Gasteiger partial charge in [0.15, 0.2) is 0 Å². The van der Waals surface area contributed by atoms with E-state index in [1.807, 2.05) is 18.2 Å². The van der Waals surface area contributed by atoms with Gasteiger partial charge < -0.3 is 9.64 Å². The molecule has 1 aromatic carbocycles. The zero-order chi connectivity index (χ0) is 16.5. The first kappa shape index (κ1) is 15.2. The molecule has 1 saturated carbocycles. The number of carbonyl (C=O) groups is 1. The Balaban J connectivity index is 1.39. The van der Waals surface area contributed by atoms with Crippen molar-refractivity contribution in [3.8, 4) is 5.75 Å². The van der Waals surface area contributed by atoms with Crippen molar-refractivity contribution in [3.63, 3.8) is 0 Å². The maximum atomic E-state index is 12.9. The number of aromatic amines is 1. The molecular weight excluding hydrogens is 302 g/mol. The van der Waals surface area contributed by atoms with Gasteiger partial charge in [-0.3, -0.25) is 9.89 Å². The zero-order valence-electron chi connectivity index (χ0n) is 13.9. The van der Waals surface area contributed by atoms with Gasteiger partial charge in [0, 0.05) is 36.8 Å². The van der Waals surface area contributed by atoms with Crippen molar-refractivity contribution in [2.24, 2.45) is 5.92 Å². The molecule has 5 nitrogen and oxygen atoms in total. The molecule has 1 N–H and O–H groups in total. The van der Waals surface area contributed by atoms with Crippen LogP contribution in [0.2, 0.25) is 0 Å². The second-order valence-electron chi connectivity index (χ2n) is 6.86. The molecule has 1 aromatic heterocycles. The number of hydrogen-bond acceptors (Lipinski definition) is 3. The molecule has 0 unspecified atom stereocenters. The lowest BCUT2D eigenvalue weighted by atomic mass is 9.94. The summed E-state index contributed by atoms with van der Waals surface area (Å²) in [6, 6.07) is 10.1. The van der Waals surface area contributed by atoms with E-state index in [2.05, 4.69) is 27.2 Å². The minimum atomic E-state index is 0.152. The van der Waals surface area contributed by atoms with Crippen molar-refractivity contribution in [1.82, 2.24) is 15.1 Å². The average Bonchev–Trinajstić information content (AvgIpc) is 3.25. The molecule has 2 fully saturated rings. The molecule has 1 aliphatic carbocycles. The number of carbonyl (C=O) groups excluding carboxylic acids is 1. The van der Waals surface area contributed by atoms with Crippen molar-refractivity contribution in [2.45, 2.75) is 31.1 Å². The monoisotopic (exact) mass is 325 g/mol. The van der Waals surface area contributed by atoms with Crippen molar-refractivity contribution >= 4 is 5.91 Å². The van der Waals surface area contributed by atoms with E-state index in [9.17, 15) is 4.79 Å². The number of methoxy groups -OCH3 is 1. The minimum absolute atomic E-state index is 0.152. The number of amides is 1. The Bertz CT molecular complexity index is 696. The molecule has 4 rings (SSSR count). The van der Waals surface area contributed by atoms with E-state index in [1.165, 1.54) is 5.56 Å². The normalized spacial score (nSPS) is 26.2. The number of H-pyrrole nitrogens is 1. The van der Waals surface area contributed by atoms with Crippen molar-refractivity contribution in [2.75, 3.05) is 20.2 Å². The SMILES string of the molecule is COc1ccc([C@@H]2C[C@H]2C(=O)N2CCC[C@H](c3ccn[nH]3)C2)cc1. The first-order valence-electron chi connectivity index (χ1n) is 8.68. The number of nitrogens with one attached hydrogen (secondary N) is 1. The second-order valence-corrected chi connectivity index (χ2v) is 6.86. The molecule has 126 valence electrons. The van der Waals surface area contributed by atoms with Crippen molar-refractivity contribution in [3.05, 3.63) is 47.8 Å². The molecule has 2 heterocycles. The van der Waals surface area contributed by atoms with Crippen molar-refractivity contribution in [1.29, 1.82) is 0 Å². The fourth-order valence-electron chi connectivity index (χ4n) is 3.85. The standard InChI is InChI=1S/C19H23N3O2/c1-24-15-6-4-13(5-7-15)16-11-17(16)19(23)22-10-2-3-14(12-22)18-8-9-20-21-18/h4-9,14,16-17H,2-3,10-12H2,1H3,(H,20,21)/t14-,16-,17+/m0/s1. The predicted molar refractivity (Wildman–Crippen MR) is 91.0 cm³/mol. The highest BCUT2D eigenvalue weighted by Crippen LogP contribution is 2.49. The fraction of sp³-hybridized carbons (Fsp3) is 0.474. The number of aromatic nitrogens is 2. The lowest BCUT2D eigenvalue weighted by molar-refractivity contribution is -0.133. The van der Waals surface area contributed by atoms with Gasteiger partial charge in [-0.1, -0.05) is 12.1 Å². The molecular formula is C19H23N3O2. The molecule has 2 aromatic rings. The topological polar surface area (TPSA) is 58.2 Å². The number of ether oxygens (including phenoxy) is 1. The smallest absolute Gasteiger partial charge is 0.226 e. The van der Waals surface area contributed by atoms with Gasteiger partial charge in [-0.15, -0.1) is 0 Å². The molecule has 5 heteroatoms. The van der Waals surface area contributed by atoms with Crippen LogP contribution in [0.5, 0.6) is 5.75 Å². The van der Waals surface area contributed by atoms with Crippen LogP contribution in [0, 0.1) is 5.92 Å². The lowest BCUT2D eigenvalue weighted by Crippen LogP contribution is -2.40. The molecule has 2 aliphatic rings. The van der Waals surface area contributed by atoms with Crippen LogP contribution in [0.3, 0.4) is 0 Å². The summed E-state index contributed by atoms with van der Waals surface area (Å²) >= 11 is 0. The number of hydrogen-bond donors (Lipinski definition) is 1. The summed E-state index contributed by atoms with van der Waals surface area (Å²) in [5, 5.41) is 7.10. The summed E-state index contributed by atoms with van der Waals surface area (Å²) in [5.41, 5.74) is 2.39. The third-order valence-electron chi connectivity index (χ3n) is 5.35. The van der Waals surface area contributed by atoms with Crippen LogP contribution in [-0.2, 0) is 4.79 Å². The zero-order valence-corrected chi connectivity index (χ0v) is 13.9. The minimum Gasteiger partial charge on any atom is -0.497 e. The van der Waals surface area contributed by atoms with E-state index in [-0.39, 0.29) is 5.92 Å². The van der Waals surface area contributed by atoms with Gasteiger partial charge >= 0.3 is 0 Å². The molecule has 0 radical (unpaired) electrons. The van der Waals surface area contributed by atoms with E-state index in [0.29, 0.717) is 17.7 Å². The summed E-state index contributed by atoms with van der Waals surface area (Å²) in [5.74, 6) is 2.10. The molecule has 1 saturated heterocycles. The van der Waals surface area contributed by atoms with Gasteiger partial charge in [-0.05, 0) is 48.9 Å². The first-order valence-corrected chi connectivity index (χ1v) is 8.68. The number of likely N-dealkylation sites (tertiary alicyclic amines) is 1. The average molecular weight is 325 g/mol. The molecule has 3 atom stereocenters. The van der Waals surface area contributed by atoms with Crippen LogP contribution in [0.15, 0.2) is 36.5 Å². The molecule has 0 spiro atoms. The Kier molecular flexibility index (Phi) is 4.00. The third-order valence-corrected chi connectivity index (χ3v) is 5.35. The number of benzene rings is 1. The van der Waals surface area contributed by atoms with E-state index in [1.54, 1.807) is 13.3 Å². The Morgan fingerprint density at radius 2 is 2.12 bits per heavy atom. The van der Waals surface area contributed by atoms with E-state index >= 15 is 0 Å². The predicted octanol–water partition coefficient (Wildman–Crippen LogP) is 2.93. The maximum Gasteiger partial charge on any atom is 0.226 e. The summed E-state index contributed by atoms with van der Waals surface area (Å²) in [6.45, 7) is 1.70. The van der Waals surface area contributed by atoms with Gasteiger partial charge in [-0.25, -0.2) is 0 Å². The Morgan fingerprint density at radius 3 is 2.83 bits per heavy atom. The van der Waals surface area contributed by atoms with Gasteiger partial charge in [0.1, 0.15) is 5.75 Å². The van der Waals surface area contributed by atoms with Crippen LogP contribution < -0.4 is 4.74 Å². The summed E-state index contributed by atoms with van der Waals surface area (Å²) in [4.78, 5) is 14.9. The van der Waals surface area contributed by atoms with Gasteiger partial charge in [0.25, 0.3) is 0 Å². The fourth-order valence-corrected chi connectivity index (χ4v) is 3.85. The second kappa shape index (κ2) is 6.30. The van der Waals surface area contributed by atoms with Gasteiger partial charge in [-0.2, -0.15) is 5.10 Å². The Morgan fingerprint density at radius 1 is 1.29 bits per heavy atom. The molecule has 24 heavy (non-hydrogen) atoms. The Labute approximate surface area is 142 Å². The van der Waals surface area contributed by atoms with E-state index in [4.69, 9.17) is 4.74 Å². The summed E-state index contributed by atoms with van der Waals surface area (Å²) < 4.78 is 5.20. The molecule has 1 aliphatic heterocycles.